The van der Waals surface area contributed by atoms with Crippen LogP contribution < -0.4 is 4.90 Å². The lowest BCUT2D eigenvalue weighted by Crippen LogP contribution is -2.13. The summed E-state index contributed by atoms with van der Waals surface area (Å²) in [6.07, 6.45) is 0. The molecule has 282 valence electrons. The summed E-state index contributed by atoms with van der Waals surface area (Å²) in [6, 6.07) is 88.0. The molecule has 11 rings (SSSR count). The van der Waals surface area contributed by atoms with Crippen LogP contribution in [0.3, 0.4) is 0 Å². The summed E-state index contributed by atoms with van der Waals surface area (Å²) >= 11 is 0. The van der Waals surface area contributed by atoms with Crippen LogP contribution in [0, 0.1) is 0 Å². The number of hydrogen-bond donors (Lipinski definition) is 0. The fraction of sp³-hybridized carbons (Fsp3) is 0. The first kappa shape index (κ1) is 35.2. The van der Waals surface area contributed by atoms with Gasteiger partial charge < -0.3 is 9.47 Å². The van der Waals surface area contributed by atoms with Crippen molar-refractivity contribution >= 4 is 49.6 Å². The first-order chi connectivity index (χ1) is 29.8. The number of aromatic nitrogens is 1. The summed E-state index contributed by atoms with van der Waals surface area (Å²) < 4.78 is 2.50. The SMILES string of the molecule is c1ccc(-c2ccccc2N(c2ccccc2-c2ccccc2)c2cccc3c2c2ccccc2n3-c2cc(-c3cccc4ccccc34)ccc2-c2ccccc2)cc1. The summed E-state index contributed by atoms with van der Waals surface area (Å²) in [5.74, 6) is 0. The summed E-state index contributed by atoms with van der Waals surface area (Å²) in [5.41, 5.74) is 16.2. The van der Waals surface area contributed by atoms with Gasteiger partial charge in [-0.15, -0.1) is 0 Å². The van der Waals surface area contributed by atoms with Crippen LogP contribution in [0.1, 0.15) is 0 Å². The monoisotopic (exact) mass is 764 g/mol. The molecule has 1 heterocycles. The Balaban J connectivity index is 1.23. The highest BCUT2D eigenvalue weighted by molar-refractivity contribution is 6.18. The van der Waals surface area contributed by atoms with E-state index in [0.717, 1.165) is 44.9 Å². The van der Waals surface area contributed by atoms with E-state index >= 15 is 0 Å². The lowest BCUT2D eigenvalue weighted by Gasteiger charge is -2.30. The molecule has 0 aliphatic carbocycles. The fourth-order valence-electron chi connectivity index (χ4n) is 9.12. The zero-order chi connectivity index (χ0) is 39.8. The second-order valence-electron chi connectivity index (χ2n) is 15.3. The Bertz CT molecular complexity index is 3220. The van der Waals surface area contributed by atoms with Gasteiger partial charge in [-0.2, -0.15) is 0 Å². The van der Waals surface area contributed by atoms with Crippen LogP contribution in [-0.2, 0) is 0 Å². The lowest BCUT2D eigenvalue weighted by molar-refractivity contribution is 1.18. The molecular weight excluding hydrogens is 725 g/mol. The Labute approximate surface area is 350 Å². The normalized spacial score (nSPS) is 11.3. The molecule has 0 N–H and O–H groups in total. The van der Waals surface area contributed by atoms with Crippen molar-refractivity contribution in [1.82, 2.24) is 4.57 Å². The molecule has 0 spiro atoms. The number of nitrogens with zero attached hydrogens (tertiary/aromatic N) is 2. The molecule has 0 bridgehead atoms. The third-order valence-corrected chi connectivity index (χ3v) is 11.8. The number of anilines is 3. The molecule has 0 radical (unpaired) electrons. The van der Waals surface area contributed by atoms with Crippen LogP contribution in [0.2, 0.25) is 0 Å². The van der Waals surface area contributed by atoms with Crippen molar-refractivity contribution in [2.45, 2.75) is 0 Å². The number of benzene rings is 10. The highest BCUT2D eigenvalue weighted by Gasteiger charge is 2.25. The molecule has 0 aliphatic heterocycles. The number of rotatable bonds is 8. The molecule has 0 saturated carbocycles. The van der Waals surface area contributed by atoms with Gasteiger partial charge in [-0.25, -0.2) is 0 Å². The van der Waals surface area contributed by atoms with E-state index in [1.54, 1.807) is 0 Å². The first-order valence-electron chi connectivity index (χ1n) is 20.6. The van der Waals surface area contributed by atoms with Crippen LogP contribution in [-0.4, -0.2) is 4.57 Å². The second kappa shape index (κ2) is 15.1. The third-order valence-electron chi connectivity index (χ3n) is 11.8. The summed E-state index contributed by atoms with van der Waals surface area (Å²) in [6.45, 7) is 0. The quantitative estimate of drug-likeness (QED) is 0.150. The van der Waals surface area contributed by atoms with Crippen molar-refractivity contribution in [3.05, 3.63) is 243 Å². The molecule has 11 aromatic rings. The van der Waals surface area contributed by atoms with E-state index in [9.17, 15) is 0 Å². The number of fused-ring (bicyclic) bond motifs is 4. The van der Waals surface area contributed by atoms with Gasteiger partial charge in [-0.3, -0.25) is 0 Å². The van der Waals surface area contributed by atoms with Crippen molar-refractivity contribution in [3.63, 3.8) is 0 Å². The minimum atomic E-state index is 1.11. The standard InChI is InChI=1S/C58H40N2/c1-4-20-42(21-5-1)48-29-12-15-33-52(48)59(53-34-16-13-30-49(53)43-22-6-2-7-23-43)55-36-19-37-56-58(55)51-31-14-17-35-54(51)60(56)57-40-45(38-39-50(57)44-24-8-3-9-25-44)47-32-18-27-41-26-10-11-28-46(41)47/h1-40H. The largest absolute Gasteiger partial charge is 0.309 e. The molecule has 0 amide bonds. The maximum absolute atomic E-state index is 2.50. The van der Waals surface area contributed by atoms with Crippen molar-refractivity contribution in [3.8, 4) is 50.2 Å². The Morgan fingerprint density at radius 3 is 1.42 bits per heavy atom. The van der Waals surface area contributed by atoms with Gasteiger partial charge in [0.05, 0.1) is 33.8 Å². The van der Waals surface area contributed by atoms with Crippen LogP contribution in [0.4, 0.5) is 17.1 Å². The average Bonchev–Trinajstić information content (AvgIpc) is 3.67. The highest BCUT2D eigenvalue weighted by Crippen LogP contribution is 2.49. The van der Waals surface area contributed by atoms with Crippen molar-refractivity contribution < 1.29 is 0 Å². The molecule has 10 aromatic carbocycles. The third kappa shape index (κ3) is 6.06. The van der Waals surface area contributed by atoms with E-state index in [1.165, 1.54) is 54.9 Å². The minimum absolute atomic E-state index is 1.11. The number of para-hydroxylation sites is 3. The van der Waals surface area contributed by atoms with Gasteiger partial charge in [-0.05, 0) is 75.0 Å². The summed E-state index contributed by atoms with van der Waals surface area (Å²) in [4.78, 5) is 2.49. The predicted octanol–water partition coefficient (Wildman–Crippen LogP) is 16.1. The predicted molar refractivity (Wildman–Crippen MR) is 255 cm³/mol. The van der Waals surface area contributed by atoms with Gasteiger partial charge in [0.15, 0.2) is 0 Å². The molecule has 0 unspecified atom stereocenters. The van der Waals surface area contributed by atoms with Gasteiger partial charge >= 0.3 is 0 Å². The topological polar surface area (TPSA) is 8.17 Å². The highest BCUT2D eigenvalue weighted by atomic mass is 15.2. The van der Waals surface area contributed by atoms with Gasteiger partial charge in [-0.1, -0.05) is 206 Å². The van der Waals surface area contributed by atoms with Crippen LogP contribution in [0.25, 0.3) is 82.8 Å². The molecule has 0 atom stereocenters. The summed E-state index contributed by atoms with van der Waals surface area (Å²) in [7, 11) is 0. The van der Waals surface area contributed by atoms with Crippen LogP contribution >= 0.6 is 0 Å². The zero-order valence-electron chi connectivity index (χ0n) is 33.0. The van der Waals surface area contributed by atoms with E-state index in [4.69, 9.17) is 0 Å². The molecule has 0 fully saturated rings. The van der Waals surface area contributed by atoms with Crippen LogP contribution in [0.5, 0.6) is 0 Å². The minimum Gasteiger partial charge on any atom is -0.309 e. The maximum Gasteiger partial charge on any atom is 0.0562 e. The molecule has 2 heteroatoms. The average molecular weight is 765 g/mol. The van der Waals surface area contributed by atoms with E-state index < -0.39 is 0 Å². The first-order valence-corrected chi connectivity index (χ1v) is 20.6. The van der Waals surface area contributed by atoms with Crippen molar-refractivity contribution in [1.29, 1.82) is 0 Å². The molecule has 1 aromatic heterocycles. The molecule has 60 heavy (non-hydrogen) atoms. The molecular formula is C58H40N2. The van der Waals surface area contributed by atoms with Crippen molar-refractivity contribution in [2.75, 3.05) is 4.90 Å². The molecule has 2 nitrogen and oxygen atoms in total. The number of hydrogen-bond acceptors (Lipinski definition) is 1. The smallest absolute Gasteiger partial charge is 0.0562 e. The van der Waals surface area contributed by atoms with Gasteiger partial charge in [0, 0.05) is 27.5 Å². The van der Waals surface area contributed by atoms with Gasteiger partial charge in [0.25, 0.3) is 0 Å². The summed E-state index contributed by atoms with van der Waals surface area (Å²) in [5, 5.41) is 4.86. The van der Waals surface area contributed by atoms with Gasteiger partial charge in [0.2, 0.25) is 0 Å². The van der Waals surface area contributed by atoms with E-state index in [2.05, 4.69) is 252 Å². The second-order valence-corrected chi connectivity index (χ2v) is 15.3. The van der Waals surface area contributed by atoms with E-state index in [-0.39, 0.29) is 0 Å². The van der Waals surface area contributed by atoms with E-state index in [1.807, 2.05) is 0 Å². The van der Waals surface area contributed by atoms with Crippen molar-refractivity contribution in [2.24, 2.45) is 0 Å². The maximum atomic E-state index is 2.50. The lowest BCUT2D eigenvalue weighted by atomic mass is 9.94. The zero-order valence-corrected chi connectivity index (χ0v) is 33.0. The Kier molecular flexibility index (Phi) is 8.87. The molecule has 0 aliphatic rings. The Morgan fingerprint density at radius 2 is 0.750 bits per heavy atom. The fourth-order valence-corrected chi connectivity index (χ4v) is 9.12. The van der Waals surface area contributed by atoms with Gasteiger partial charge in [0.1, 0.15) is 0 Å². The molecule has 0 saturated heterocycles. The Morgan fingerprint density at radius 1 is 0.283 bits per heavy atom. The van der Waals surface area contributed by atoms with Crippen LogP contribution in [0.15, 0.2) is 243 Å². The Hall–Kier alpha value is -7.94. The van der Waals surface area contributed by atoms with E-state index in [0.29, 0.717) is 0 Å².